The number of aliphatic hydroxyl groups is 1. The first-order chi connectivity index (χ1) is 7.61. The molecule has 1 aliphatic heterocycles. The summed E-state index contributed by atoms with van der Waals surface area (Å²) in [7, 11) is 0. The Morgan fingerprint density at radius 2 is 2.31 bits per heavy atom. The minimum atomic E-state index is -1.33. The van der Waals surface area contributed by atoms with Gasteiger partial charge in [0.05, 0.1) is 10.9 Å². The van der Waals surface area contributed by atoms with Crippen molar-refractivity contribution in [2.24, 2.45) is 0 Å². The Balaban J connectivity index is 2.44. The first kappa shape index (κ1) is 11.3. The van der Waals surface area contributed by atoms with E-state index < -0.39 is 12.1 Å². The summed E-state index contributed by atoms with van der Waals surface area (Å²) in [5, 5.41) is 9.66. The van der Waals surface area contributed by atoms with Gasteiger partial charge in [0, 0.05) is 11.6 Å². The van der Waals surface area contributed by atoms with Crippen LogP contribution in [-0.4, -0.2) is 22.5 Å². The number of benzene rings is 1. The molecule has 0 saturated carbocycles. The molecule has 0 saturated heterocycles. The normalized spacial score (nSPS) is 18.4. The standard InChI is InChI=1S/C11H8BrFO3/c12-5-9(14)8-3-6-1-2-7(13)4-10(6)16-11(8)15/h1-4,11,15H,5H2. The Kier molecular flexibility index (Phi) is 3.07. The SMILES string of the molecule is O=C(CBr)C1=Cc2ccc(F)cc2OC1O. The summed E-state index contributed by atoms with van der Waals surface area (Å²) >= 11 is 3.01. The molecule has 1 unspecified atom stereocenters. The minimum Gasteiger partial charge on any atom is -0.460 e. The lowest BCUT2D eigenvalue weighted by molar-refractivity contribution is -0.116. The predicted octanol–water partition coefficient (Wildman–Crippen LogP) is 1.88. The number of carbonyl (C=O) groups is 1. The largest absolute Gasteiger partial charge is 0.460 e. The van der Waals surface area contributed by atoms with Crippen LogP contribution in [0.1, 0.15) is 5.56 Å². The zero-order chi connectivity index (χ0) is 11.7. The molecule has 1 N–H and O–H groups in total. The minimum absolute atomic E-state index is 0.107. The maximum absolute atomic E-state index is 12.9. The highest BCUT2D eigenvalue weighted by atomic mass is 79.9. The van der Waals surface area contributed by atoms with Crippen LogP contribution in [0.3, 0.4) is 0 Å². The van der Waals surface area contributed by atoms with Gasteiger partial charge in [0.15, 0.2) is 5.78 Å². The molecule has 0 aromatic heterocycles. The molecule has 84 valence electrons. The van der Waals surface area contributed by atoms with Crippen LogP contribution < -0.4 is 4.74 Å². The lowest BCUT2D eigenvalue weighted by atomic mass is 10.0. The first-order valence-corrected chi connectivity index (χ1v) is 5.69. The van der Waals surface area contributed by atoms with Gasteiger partial charge in [-0.05, 0) is 18.2 Å². The van der Waals surface area contributed by atoms with E-state index in [-0.39, 0.29) is 22.4 Å². The summed E-state index contributed by atoms with van der Waals surface area (Å²) in [5.74, 6) is -0.476. The molecule has 1 atom stereocenters. The van der Waals surface area contributed by atoms with E-state index in [0.29, 0.717) is 5.56 Å². The van der Waals surface area contributed by atoms with Crippen molar-refractivity contribution in [2.45, 2.75) is 6.29 Å². The van der Waals surface area contributed by atoms with E-state index in [0.717, 1.165) is 0 Å². The van der Waals surface area contributed by atoms with Crippen molar-refractivity contribution in [3.63, 3.8) is 0 Å². The summed E-state index contributed by atoms with van der Waals surface area (Å²) in [6, 6.07) is 3.94. The predicted molar refractivity (Wildman–Crippen MR) is 59.8 cm³/mol. The lowest BCUT2D eigenvalue weighted by Crippen LogP contribution is -2.27. The topological polar surface area (TPSA) is 46.5 Å². The van der Waals surface area contributed by atoms with Crippen LogP contribution in [0.4, 0.5) is 4.39 Å². The quantitative estimate of drug-likeness (QED) is 0.845. The van der Waals surface area contributed by atoms with E-state index in [1.165, 1.54) is 24.3 Å². The number of ether oxygens (including phenoxy) is 1. The summed E-state index contributed by atoms with van der Waals surface area (Å²) in [6.07, 6.45) is 0.173. The molecular formula is C11H8BrFO3. The molecule has 3 nitrogen and oxygen atoms in total. The molecule has 16 heavy (non-hydrogen) atoms. The molecule has 0 aliphatic carbocycles. The number of halogens is 2. The van der Waals surface area contributed by atoms with Crippen molar-refractivity contribution in [3.8, 4) is 5.75 Å². The fourth-order valence-corrected chi connectivity index (χ4v) is 1.77. The summed E-state index contributed by atoms with van der Waals surface area (Å²) < 4.78 is 17.9. The van der Waals surface area contributed by atoms with Crippen LogP contribution in [-0.2, 0) is 4.79 Å². The van der Waals surface area contributed by atoms with E-state index in [9.17, 15) is 14.3 Å². The summed E-state index contributed by atoms with van der Waals surface area (Å²) in [6.45, 7) is 0. The van der Waals surface area contributed by atoms with Gasteiger partial charge < -0.3 is 9.84 Å². The Morgan fingerprint density at radius 3 is 3.00 bits per heavy atom. The average Bonchev–Trinajstić information content (AvgIpc) is 2.27. The van der Waals surface area contributed by atoms with Gasteiger partial charge in [0.25, 0.3) is 0 Å². The van der Waals surface area contributed by atoms with Crippen LogP contribution in [0.2, 0.25) is 0 Å². The third-order valence-electron chi connectivity index (χ3n) is 2.23. The third kappa shape index (κ3) is 2.01. The number of hydrogen-bond acceptors (Lipinski definition) is 3. The molecule has 0 spiro atoms. The van der Waals surface area contributed by atoms with Crippen LogP contribution in [0, 0.1) is 5.82 Å². The van der Waals surface area contributed by atoms with Gasteiger partial charge in [-0.25, -0.2) is 4.39 Å². The molecule has 0 radical (unpaired) electrons. The van der Waals surface area contributed by atoms with Gasteiger partial charge in [-0.1, -0.05) is 15.9 Å². The van der Waals surface area contributed by atoms with Crippen molar-refractivity contribution in [1.29, 1.82) is 0 Å². The highest BCUT2D eigenvalue weighted by molar-refractivity contribution is 9.09. The Bertz CT molecular complexity index is 470. The third-order valence-corrected chi connectivity index (χ3v) is 2.74. The molecule has 0 fully saturated rings. The summed E-state index contributed by atoms with van der Waals surface area (Å²) in [5.41, 5.74) is 0.743. The zero-order valence-electron chi connectivity index (χ0n) is 8.11. The Labute approximate surface area is 99.7 Å². The maximum Gasteiger partial charge on any atom is 0.227 e. The molecule has 2 rings (SSSR count). The second-order valence-electron chi connectivity index (χ2n) is 3.31. The maximum atomic E-state index is 12.9. The van der Waals surface area contributed by atoms with Crippen LogP contribution >= 0.6 is 15.9 Å². The van der Waals surface area contributed by atoms with E-state index in [4.69, 9.17) is 4.74 Å². The molecule has 0 amide bonds. The molecule has 1 heterocycles. The first-order valence-electron chi connectivity index (χ1n) is 4.57. The number of Topliss-reactive ketones (excluding diaryl/α,β-unsaturated/α-hetero) is 1. The van der Waals surface area contributed by atoms with Crippen molar-refractivity contribution < 1.29 is 19.0 Å². The molecule has 5 heteroatoms. The van der Waals surface area contributed by atoms with Crippen LogP contribution in [0.25, 0.3) is 6.08 Å². The van der Waals surface area contributed by atoms with Gasteiger partial charge in [0.1, 0.15) is 11.6 Å². The van der Waals surface area contributed by atoms with Crippen LogP contribution in [0.15, 0.2) is 23.8 Å². The molecular weight excluding hydrogens is 279 g/mol. The Hall–Kier alpha value is -1.20. The highest BCUT2D eigenvalue weighted by Crippen LogP contribution is 2.29. The fourth-order valence-electron chi connectivity index (χ4n) is 1.45. The lowest BCUT2D eigenvalue weighted by Gasteiger charge is -2.22. The molecule has 0 bridgehead atoms. The van der Waals surface area contributed by atoms with Gasteiger partial charge in [0.2, 0.25) is 6.29 Å². The van der Waals surface area contributed by atoms with Gasteiger partial charge in [-0.15, -0.1) is 0 Å². The highest BCUT2D eigenvalue weighted by Gasteiger charge is 2.25. The van der Waals surface area contributed by atoms with Gasteiger partial charge in [-0.2, -0.15) is 0 Å². The molecule has 1 aliphatic rings. The number of ketones is 1. The van der Waals surface area contributed by atoms with Gasteiger partial charge in [-0.3, -0.25) is 4.79 Å². The van der Waals surface area contributed by atoms with E-state index in [1.807, 2.05) is 0 Å². The van der Waals surface area contributed by atoms with E-state index in [1.54, 1.807) is 0 Å². The smallest absolute Gasteiger partial charge is 0.227 e. The number of fused-ring (bicyclic) bond motifs is 1. The Morgan fingerprint density at radius 1 is 1.56 bits per heavy atom. The fraction of sp³-hybridized carbons (Fsp3) is 0.182. The van der Waals surface area contributed by atoms with Crippen molar-refractivity contribution in [2.75, 3.05) is 5.33 Å². The number of rotatable bonds is 2. The van der Waals surface area contributed by atoms with Gasteiger partial charge >= 0.3 is 0 Å². The second kappa shape index (κ2) is 4.35. The average molecular weight is 287 g/mol. The van der Waals surface area contributed by atoms with Crippen molar-refractivity contribution in [3.05, 3.63) is 35.2 Å². The molecule has 1 aromatic rings. The van der Waals surface area contributed by atoms with E-state index >= 15 is 0 Å². The van der Waals surface area contributed by atoms with Crippen molar-refractivity contribution >= 4 is 27.8 Å². The van der Waals surface area contributed by atoms with E-state index in [2.05, 4.69) is 15.9 Å². The number of carbonyl (C=O) groups excluding carboxylic acids is 1. The zero-order valence-corrected chi connectivity index (χ0v) is 9.70. The molecule has 1 aromatic carbocycles. The van der Waals surface area contributed by atoms with Crippen molar-refractivity contribution in [1.82, 2.24) is 0 Å². The number of alkyl halides is 1. The summed E-state index contributed by atoms with van der Waals surface area (Å²) in [4.78, 5) is 11.4. The monoisotopic (exact) mass is 286 g/mol. The number of aliphatic hydroxyl groups excluding tert-OH is 1. The number of hydrogen-bond donors (Lipinski definition) is 1. The second-order valence-corrected chi connectivity index (χ2v) is 3.87. The van der Waals surface area contributed by atoms with Crippen LogP contribution in [0.5, 0.6) is 5.75 Å².